The first kappa shape index (κ1) is 15.7. The van der Waals surface area contributed by atoms with E-state index >= 15 is 0 Å². The molecular formula is C19H26N2. The van der Waals surface area contributed by atoms with Crippen LogP contribution in [-0.2, 0) is 13.0 Å². The maximum Gasteiger partial charge on any atom is 0.0483 e. The van der Waals surface area contributed by atoms with Gasteiger partial charge in [-0.2, -0.15) is 0 Å². The molecule has 2 heteroatoms. The van der Waals surface area contributed by atoms with Gasteiger partial charge in [-0.3, -0.25) is 0 Å². The molecule has 2 aromatic rings. The van der Waals surface area contributed by atoms with E-state index in [2.05, 4.69) is 66.0 Å². The van der Waals surface area contributed by atoms with E-state index in [4.69, 9.17) is 0 Å². The van der Waals surface area contributed by atoms with Crippen molar-refractivity contribution in [1.82, 2.24) is 9.88 Å². The number of fused-ring (bicyclic) bond motifs is 1. The summed E-state index contributed by atoms with van der Waals surface area (Å²) in [7, 11) is 0. The lowest BCUT2D eigenvalue weighted by atomic mass is 10.1. The molecule has 0 spiro atoms. The maximum atomic E-state index is 3.49. The van der Waals surface area contributed by atoms with Gasteiger partial charge in [-0.05, 0) is 37.9 Å². The Kier molecular flexibility index (Phi) is 5.90. The Balaban J connectivity index is 2.09. The molecule has 0 bridgehead atoms. The maximum absolute atomic E-state index is 3.49. The van der Waals surface area contributed by atoms with Crippen molar-refractivity contribution in [1.29, 1.82) is 0 Å². The van der Waals surface area contributed by atoms with Crippen molar-refractivity contribution in [3.05, 3.63) is 36.0 Å². The number of nitrogens with zero attached hydrogens (tertiary/aromatic N) is 1. The Hall–Kier alpha value is -1.72. The SMILES string of the molecule is CC#CCCn1cc(CCCNC(C)C)c2ccccc21. The largest absolute Gasteiger partial charge is 0.346 e. The van der Waals surface area contributed by atoms with Crippen molar-refractivity contribution in [2.45, 2.75) is 52.6 Å². The van der Waals surface area contributed by atoms with E-state index in [9.17, 15) is 0 Å². The van der Waals surface area contributed by atoms with Gasteiger partial charge in [-0.1, -0.05) is 32.0 Å². The Morgan fingerprint density at radius 1 is 1.24 bits per heavy atom. The molecule has 112 valence electrons. The highest BCUT2D eigenvalue weighted by atomic mass is 15.0. The fourth-order valence-electron chi connectivity index (χ4n) is 2.68. The van der Waals surface area contributed by atoms with Crippen molar-refractivity contribution in [3.63, 3.8) is 0 Å². The summed E-state index contributed by atoms with van der Waals surface area (Å²) in [5.74, 6) is 6.13. The van der Waals surface area contributed by atoms with Crippen LogP contribution < -0.4 is 5.32 Å². The molecule has 0 aliphatic heterocycles. The number of aromatic nitrogens is 1. The van der Waals surface area contributed by atoms with Crippen LogP contribution in [0, 0.1) is 11.8 Å². The van der Waals surface area contributed by atoms with Gasteiger partial charge in [0, 0.05) is 36.1 Å². The summed E-state index contributed by atoms with van der Waals surface area (Å²) < 4.78 is 2.35. The van der Waals surface area contributed by atoms with Gasteiger partial charge in [0.1, 0.15) is 0 Å². The molecule has 1 aromatic carbocycles. The van der Waals surface area contributed by atoms with Crippen LogP contribution in [0.2, 0.25) is 0 Å². The zero-order valence-electron chi connectivity index (χ0n) is 13.4. The van der Waals surface area contributed by atoms with E-state index in [0.29, 0.717) is 6.04 Å². The third kappa shape index (κ3) is 4.37. The topological polar surface area (TPSA) is 17.0 Å². The van der Waals surface area contributed by atoms with Gasteiger partial charge in [-0.15, -0.1) is 11.8 Å². The molecule has 0 atom stereocenters. The fourth-order valence-corrected chi connectivity index (χ4v) is 2.68. The van der Waals surface area contributed by atoms with Crippen LogP contribution in [0.3, 0.4) is 0 Å². The van der Waals surface area contributed by atoms with Crippen LogP contribution in [0.4, 0.5) is 0 Å². The average Bonchev–Trinajstić information content (AvgIpc) is 2.82. The van der Waals surface area contributed by atoms with E-state index < -0.39 is 0 Å². The smallest absolute Gasteiger partial charge is 0.0483 e. The van der Waals surface area contributed by atoms with Gasteiger partial charge in [0.25, 0.3) is 0 Å². The number of para-hydroxylation sites is 1. The Morgan fingerprint density at radius 2 is 2.05 bits per heavy atom. The van der Waals surface area contributed by atoms with E-state index in [1.165, 1.54) is 22.9 Å². The lowest BCUT2D eigenvalue weighted by Crippen LogP contribution is -2.23. The fraction of sp³-hybridized carbons (Fsp3) is 0.474. The summed E-state index contributed by atoms with van der Waals surface area (Å²) in [6.45, 7) is 8.35. The van der Waals surface area contributed by atoms with Crippen molar-refractivity contribution >= 4 is 10.9 Å². The number of rotatable bonds is 7. The summed E-state index contributed by atoms with van der Waals surface area (Å²) in [5, 5.41) is 4.88. The van der Waals surface area contributed by atoms with E-state index in [-0.39, 0.29) is 0 Å². The predicted octanol–water partition coefficient (Wildman–Crippen LogP) is 3.99. The minimum atomic E-state index is 0.568. The molecule has 2 nitrogen and oxygen atoms in total. The lowest BCUT2D eigenvalue weighted by Gasteiger charge is -2.07. The van der Waals surface area contributed by atoms with Crippen LogP contribution in [0.5, 0.6) is 0 Å². The van der Waals surface area contributed by atoms with Gasteiger partial charge < -0.3 is 9.88 Å². The molecule has 1 N–H and O–H groups in total. The van der Waals surface area contributed by atoms with Crippen molar-refractivity contribution in [3.8, 4) is 11.8 Å². The Bertz CT molecular complexity index is 626. The number of nitrogens with one attached hydrogen (secondary N) is 1. The summed E-state index contributed by atoms with van der Waals surface area (Å²) in [4.78, 5) is 0. The summed E-state index contributed by atoms with van der Waals surface area (Å²) >= 11 is 0. The zero-order valence-corrected chi connectivity index (χ0v) is 13.4. The molecule has 0 saturated heterocycles. The molecule has 1 aromatic heterocycles. The third-order valence-corrected chi connectivity index (χ3v) is 3.70. The first-order valence-corrected chi connectivity index (χ1v) is 7.92. The number of benzene rings is 1. The molecular weight excluding hydrogens is 256 g/mol. The van der Waals surface area contributed by atoms with Crippen molar-refractivity contribution in [2.24, 2.45) is 0 Å². The standard InChI is InChI=1S/C19H26N2/c1-4-5-8-14-21-15-17(10-9-13-20-16(2)3)18-11-6-7-12-19(18)21/h6-7,11-12,15-16,20H,8-10,13-14H2,1-3H3. The van der Waals surface area contributed by atoms with Crippen LogP contribution in [0.1, 0.15) is 39.2 Å². The molecule has 0 unspecified atom stereocenters. The highest BCUT2D eigenvalue weighted by Crippen LogP contribution is 2.22. The molecule has 2 rings (SSSR count). The molecule has 0 amide bonds. The highest BCUT2D eigenvalue weighted by Gasteiger charge is 2.07. The second-order valence-electron chi connectivity index (χ2n) is 5.75. The third-order valence-electron chi connectivity index (χ3n) is 3.70. The van der Waals surface area contributed by atoms with Crippen molar-refractivity contribution in [2.75, 3.05) is 6.54 Å². The van der Waals surface area contributed by atoms with Gasteiger partial charge in [0.15, 0.2) is 0 Å². The molecule has 1 heterocycles. The van der Waals surface area contributed by atoms with E-state index in [0.717, 1.165) is 25.9 Å². The minimum Gasteiger partial charge on any atom is -0.346 e. The first-order chi connectivity index (χ1) is 10.2. The van der Waals surface area contributed by atoms with Gasteiger partial charge in [0.2, 0.25) is 0 Å². The second kappa shape index (κ2) is 7.90. The molecule has 0 aliphatic carbocycles. The molecule has 0 fully saturated rings. The zero-order chi connectivity index (χ0) is 15.1. The van der Waals surface area contributed by atoms with Gasteiger partial charge in [0.05, 0.1) is 0 Å². The number of hydrogen-bond acceptors (Lipinski definition) is 1. The van der Waals surface area contributed by atoms with Crippen LogP contribution >= 0.6 is 0 Å². The van der Waals surface area contributed by atoms with Crippen LogP contribution in [0.15, 0.2) is 30.5 Å². The molecule has 0 radical (unpaired) electrons. The molecule has 0 saturated carbocycles. The summed E-state index contributed by atoms with van der Waals surface area (Å²) in [5.41, 5.74) is 2.79. The minimum absolute atomic E-state index is 0.568. The van der Waals surface area contributed by atoms with E-state index in [1.54, 1.807) is 0 Å². The lowest BCUT2D eigenvalue weighted by molar-refractivity contribution is 0.570. The van der Waals surface area contributed by atoms with E-state index in [1.807, 2.05) is 6.92 Å². The first-order valence-electron chi connectivity index (χ1n) is 7.92. The second-order valence-corrected chi connectivity index (χ2v) is 5.75. The van der Waals surface area contributed by atoms with Gasteiger partial charge >= 0.3 is 0 Å². The average molecular weight is 282 g/mol. The predicted molar refractivity (Wildman–Crippen MR) is 91.5 cm³/mol. The quantitative estimate of drug-likeness (QED) is 0.600. The number of hydrogen-bond donors (Lipinski definition) is 1. The normalized spacial score (nSPS) is 10.9. The van der Waals surface area contributed by atoms with Gasteiger partial charge in [-0.25, -0.2) is 0 Å². The van der Waals surface area contributed by atoms with Crippen LogP contribution in [0.25, 0.3) is 10.9 Å². The Morgan fingerprint density at radius 3 is 2.81 bits per heavy atom. The Labute approximate surface area is 128 Å². The van der Waals surface area contributed by atoms with Crippen molar-refractivity contribution < 1.29 is 0 Å². The van der Waals surface area contributed by atoms with Crippen LogP contribution in [-0.4, -0.2) is 17.2 Å². The monoisotopic (exact) mass is 282 g/mol. The summed E-state index contributed by atoms with van der Waals surface area (Å²) in [6, 6.07) is 9.27. The summed E-state index contributed by atoms with van der Waals surface area (Å²) in [6.07, 6.45) is 5.55. The number of aryl methyl sites for hydroxylation is 2. The molecule has 0 aliphatic rings. The highest BCUT2D eigenvalue weighted by molar-refractivity contribution is 5.84. The molecule has 21 heavy (non-hydrogen) atoms.